The van der Waals surface area contributed by atoms with Crippen LogP contribution in [0.5, 0.6) is 0 Å². The van der Waals surface area contributed by atoms with Gasteiger partial charge in [-0.1, -0.05) is 6.07 Å². The van der Waals surface area contributed by atoms with Crippen LogP contribution in [0.25, 0.3) is 0 Å². The lowest BCUT2D eigenvalue weighted by atomic mass is 10.1. The first kappa shape index (κ1) is 17.2. The van der Waals surface area contributed by atoms with Crippen molar-refractivity contribution in [3.63, 3.8) is 0 Å². The number of nitrogens with one attached hydrogen (secondary N) is 1. The van der Waals surface area contributed by atoms with Gasteiger partial charge in [0.1, 0.15) is 0 Å². The van der Waals surface area contributed by atoms with Crippen molar-refractivity contribution in [3.8, 4) is 0 Å². The van der Waals surface area contributed by atoms with E-state index in [0.29, 0.717) is 23.9 Å². The Morgan fingerprint density at radius 3 is 2.84 bits per heavy atom. The molecule has 0 aromatic heterocycles. The Balaban J connectivity index is 0.00000180. The molecule has 0 saturated carbocycles. The molecule has 0 aliphatic carbocycles. The van der Waals surface area contributed by atoms with Crippen LogP contribution in [0.2, 0.25) is 0 Å². The minimum absolute atomic E-state index is 0. The number of nitrogens with zero attached hydrogens (tertiary/aromatic N) is 1. The zero-order valence-corrected chi connectivity index (χ0v) is 14.5. The van der Waals surface area contributed by atoms with Gasteiger partial charge in [-0.2, -0.15) is 4.31 Å². The fourth-order valence-electron chi connectivity index (χ4n) is 2.25. The maximum Gasteiger partial charge on any atom is 0.243 e. The second-order valence-electron chi connectivity index (χ2n) is 4.53. The average molecular weight is 417 g/mol. The Kier molecular flexibility index (Phi) is 6.52. The summed E-state index contributed by atoms with van der Waals surface area (Å²) in [6, 6.07) is 7.08. The Morgan fingerprint density at radius 1 is 1.47 bits per heavy atom. The maximum atomic E-state index is 12.4. The Morgan fingerprint density at radius 2 is 2.21 bits per heavy atom. The Bertz CT molecular complexity index is 524. The van der Waals surface area contributed by atoms with E-state index in [4.69, 9.17) is 0 Å². The maximum absolute atomic E-state index is 12.4. The molecule has 7 heteroatoms. The zero-order valence-electron chi connectivity index (χ0n) is 10.7. The van der Waals surface area contributed by atoms with Gasteiger partial charge < -0.3 is 5.32 Å². The molecule has 0 amide bonds. The first-order chi connectivity index (χ1) is 8.54. The van der Waals surface area contributed by atoms with Crippen molar-refractivity contribution < 1.29 is 8.42 Å². The summed E-state index contributed by atoms with van der Waals surface area (Å²) < 4.78 is 27.4. The molecule has 1 atom stereocenters. The smallest absolute Gasteiger partial charge is 0.243 e. The van der Waals surface area contributed by atoms with Gasteiger partial charge in [0.15, 0.2) is 0 Å². The Labute approximate surface area is 134 Å². The van der Waals surface area contributed by atoms with E-state index in [1.807, 2.05) is 13.1 Å². The van der Waals surface area contributed by atoms with Crippen LogP contribution in [-0.2, 0) is 10.0 Å². The van der Waals surface area contributed by atoms with Gasteiger partial charge in [-0.25, -0.2) is 8.42 Å². The summed E-state index contributed by atoms with van der Waals surface area (Å²) in [6.45, 7) is 2.12. The summed E-state index contributed by atoms with van der Waals surface area (Å²) >= 11 is 2.13. The number of hydrogen-bond donors (Lipinski definition) is 1. The van der Waals surface area contributed by atoms with Gasteiger partial charge in [0.25, 0.3) is 0 Å². The highest BCUT2D eigenvalue weighted by Crippen LogP contribution is 2.24. The van der Waals surface area contributed by atoms with Gasteiger partial charge in [-0.15, -0.1) is 12.4 Å². The first-order valence-electron chi connectivity index (χ1n) is 5.94. The van der Waals surface area contributed by atoms with Crippen LogP contribution in [0, 0.1) is 9.49 Å². The third kappa shape index (κ3) is 4.04. The molecule has 1 heterocycles. The number of hydrogen-bond acceptors (Lipinski definition) is 3. The van der Waals surface area contributed by atoms with E-state index < -0.39 is 10.0 Å². The van der Waals surface area contributed by atoms with Crippen LogP contribution >= 0.6 is 35.0 Å². The fourth-order valence-corrected chi connectivity index (χ4v) is 4.58. The summed E-state index contributed by atoms with van der Waals surface area (Å²) in [5, 5.41) is 3.11. The highest BCUT2D eigenvalue weighted by Gasteiger charge is 2.32. The number of rotatable bonds is 4. The summed E-state index contributed by atoms with van der Waals surface area (Å²) in [6.07, 6.45) is 0.935. The molecular formula is C12H18ClIN2O2S. The van der Waals surface area contributed by atoms with Gasteiger partial charge in [0.2, 0.25) is 10.0 Å². The van der Waals surface area contributed by atoms with E-state index in [-0.39, 0.29) is 12.4 Å². The first-order valence-corrected chi connectivity index (χ1v) is 8.46. The van der Waals surface area contributed by atoms with Crippen LogP contribution in [0.1, 0.15) is 6.42 Å². The van der Waals surface area contributed by atoms with E-state index in [0.717, 1.165) is 16.5 Å². The molecule has 0 radical (unpaired) electrons. The fraction of sp³-hybridized carbons (Fsp3) is 0.500. The zero-order chi connectivity index (χ0) is 13.2. The molecular weight excluding hydrogens is 399 g/mol. The predicted molar refractivity (Wildman–Crippen MR) is 87.2 cm³/mol. The highest BCUT2D eigenvalue weighted by molar-refractivity contribution is 14.1. The van der Waals surface area contributed by atoms with Gasteiger partial charge in [-0.3, -0.25) is 0 Å². The molecule has 1 aromatic carbocycles. The lowest BCUT2D eigenvalue weighted by Crippen LogP contribution is -2.30. The third-order valence-corrected chi connectivity index (χ3v) is 5.71. The SMILES string of the molecule is CNCC1CCN(S(=O)(=O)c2cccc(I)c2)C1.Cl. The van der Waals surface area contributed by atoms with Crippen molar-refractivity contribution in [1.82, 2.24) is 9.62 Å². The van der Waals surface area contributed by atoms with E-state index in [1.54, 1.807) is 22.5 Å². The van der Waals surface area contributed by atoms with E-state index in [9.17, 15) is 8.42 Å². The standard InChI is InChI=1S/C12H17IN2O2S.ClH/c1-14-8-10-5-6-15(9-10)18(16,17)12-4-2-3-11(13)7-12;/h2-4,7,10,14H,5-6,8-9H2,1H3;1H. The topological polar surface area (TPSA) is 49.4 Å². The Hall–Kier alpha value is 0.110. The lowest BCUT2D eigenvalue weighted by Gasteiger charge is -2.16. The number of halogens is 2. The summed E-state index contributed by atoms with van der Waals surface area (Å²) in [5.41, 5.74) is 0. The molecule has 0 spiro atoms. The molecule has 1 aromatic rings. The number of sulfonamides is 1. The predicted octanol–water partition coefficient (Wildman–Crippen LogP) is 1.94. The van der Waals surface area contributed by atoms with Gasteiger partial charge >= 0.3 is 0 Å². The van der Waals surface area contributed by atoms with Crippen molar-refractivity contribution in [3.05, 3.63) is 27.8 Å². The van der Waals surface area contributed by atoms with Gasteiger partial charge in [0.05, 0.1) is 4.90 Å². The third-order valence-electron chi connectivity index (χ3n) is 3.18. The van der Waals surface area contributed by atoms with Crippen LogP contribution in [-0.4, -0.2) is 39.4 Å². The van der Waals surface area contributed by atoms with Crippen molar-refractivity contribution >= 4 is 45.0 Å². The normalized spacial score (nSPS) is 20.2. The molecule has 1 unspecified atom stereocenters. The van der Waals surface area contributed by atoms with Crippen molar-refractivity contribution in [2.45, 2.75) is 11.3 Å². The monoisotopic (exact) mass is 416 g/mol. The van der Waals surface area contributed by atoms with Crippen molar-refractivity contribution in [1.29, 1.82) is 0 Å². The van der Waals surface area contributed by atoms with Crippen LogP contribution in [0.3, 0.4) is 0 Å². The van der Waals surface area contributed by atoms with E-state index in [1.165, 1.54) is 0 Å². The van der Waals surface area contributed by atoms with Gasteiger partial charge in [-0.05, 0) is 66.7 Å². The van der Waals surface area contributed by atoms with Crippen LogP contribution in [0.4, 0.5) is 0 Å². The molecule has 108 valence electrons. The molecule has 2 rings (SSSR count). The highest BCUT2D eigenvalue weighted by atomic mass is 127. The second-order valence-corrected chi connectivity index (χ2v) is 7.72. The van der Waals surface area contributed by atoms with Crippen LogP contribution in [0.15, 0.2) is 29.2 Å². The average Bonchev–Trinajstić information content (AvgIpc) is 2.79. The molecule has 4 nitrogen and oxygen atoms in total. The molecule has 0 bridgehead atoms. The molecule has 1 fully saturated rings. The summed E-state index contributed by atoms with van der Waals surface area (Å²) in [4.78, 5) is 0.402. The van der Waals surface area contributed by atoms with Crippen LogP contribution < -0.4 is 5.32 Å². The minimum atomic E-state index is -3.31. The quantitative estimate of drug-likeness (QED) is 0.763. The largest absolute Gasteiger partial charge is 0.319 e. The van der Waals surface area contributed by atoms with E-state index >= 15 is 0 Å². The summed E-state index contributed by atoms with van der Waals surface area (Å²) in [7, 11) is -1.41. The molecule has 1 N–H and O–H groups in total. The molecule has 19 heavy (non-hydrogen) atoms. The number of benzene rings is 1. The summed E-state index contributed by atoms with van der Waals surface area (Å²) in [5.74, 6) is 0.424. The van der Waals surface area contributed by atoms with E-state index in [2.05, 4.69) is 27.9 Å². The lowest BCUT2D eigenvalue weighted by molar-refractivity contribution is 0.451. The van der Waals surface area contributed by atoms with Gasteiger partial charge in [0, 0.05) is 16.7 Å². The molecule has 1 aliphatic heterocycles. The molecule has 1 saturated heterocycles. The second kappa shape index (κ2) is 7.21. The van der Waals surface area contributed by atoms with Crippen molar-refractivity contribution in [2.24, 2.45) is 5.92 Å². The van der Waals surface area contributed by atoms with Crippen molar-refractivity contribution in [2.75, 3.05) is 26.7 Å². The minimum Gasteiger partial charge on any atom is -0.319 e. The molecule has 1 aliphatic rings.